The Kier molecular flexibility index (Phi) is 3.82. The highest BCUT2D eigenvalue weighted by Crippen LogP contribution is 2.28. The molecule has 6 heteroatoms. The zero-order valence-electron chi connectivity index (χ0n) is 13.4. The van der Waals surface area contributed by atoms with Crippen LogP contribution in [0.1, 0.15) is 35.0 Å². The largest absolute Gasteiger partial charge is 0.463 e. The van der Waals surface area contributed by atoms with E-state index in [0.717, 1.165) is 29.5 Å². The SMILES string of the molecule is Cn1cncc1[C@H]1C[C@H](NC(=O)c2coc3ccccc23)CCO1. The lowest BCUT2D eigenvalue weighted by atomic mass is 10.0. The first-order valence-corrected chi connectivity index (χ1v) is 8.07. The number of imidazole rings is 1. The van der Waals surface area contributed by atoms with Crippen molar-refractivity contribution in [3.63, 3.8) is 0 Å². The molecule has 2 atom stereocenters. The summed E-state index contributed by atoms with van der Waals surface area (Å²) >= 11 is 0. The van der Waals surface area contributed by atoms with E-state index in [1.54, 1.807) is 6.33 Å². The Morgan fingerprint density at radius 3 is 3.08 bits per heavy atom. The Morgan fingerprint density at radius 1 is 1.38 bits per heavy atom. The molecule has 0 radical (unpaired) electrons. The highest BCUT2D eigenvalue weighted by Gasteiger charge is 2.27. The summed E-state index contributed by atoms with van der Waals surface area (Å²) < 4.78 is 13.3. The van der Waals surface area contributed by atoms with Crippen LogP contribution < -0.4 is 5.32 Å². The van der Waals surface area contributed by atoms with Crippen LogP contribution >= 0.6 is 0 Å². The third-order valence-corrected chi connectivity index (χ3v) is 4.53. The topological polar surface area (TPSA) is 69.3 Å². The van der Waals surface area contributed by atoms with E-state index in [-0.39, 0.29) is 18.1 Å². The molecule has 0 bridgehead atoms. The summed E-state index contributed by atoms with van der Waals surface area (Å²) in [5.74, 6) is -0.101. The van der Waals surface area contributed by atoms with Gasteiger partial charge in [-0.15, -0.1) is 0 Å². The Balaban J connectivity index is 1.48. The van der Waals surface area contributed by atoms with E-state index in [4.69, 9.17) is 9.15 Å². The number of aromatic nitrogens is 2. The first-order chi connectivity index (χ1) is 11.7. The molecular formula is C18H19N3O3. The number of nitrogens with one attached hydrogen (secondary N) is 1. The Bertz CT molecular complexity index is 867. The second-order valence-electron chi connectivity index (χ2n) is 6.13. The van der Waals surface area contributed by atoms with Crippen LogP contribution in [-0.2, 0) is 11.8 Å². The van der Waals surface area contributed by atoms with Gasteiger partial charge in [-0.2, -0.15) is 0 Å². The molecule has 6 nitrogen and oxygen atoms in total. The number of nitrogens with zero attached hydrogens (tertiary/aromatic N) is 2. The van der Waals surface area contributed by atoms with Gasteiger partial charge in [0.15, 0.2) is 0 Å². The van der Waals surface area contributed by atoms with Crippen molar-refractivity contribution in [3.8, 4) is 0 Å². The number of carbonyl (C=O) groups excluding carboxylic acids is 1. The number of aryl methyl sites for hydroxylation is 1. The van der Waals surface area contributed by atoms with Crippen LogP contribution in [0.25, 0.3) is 11.0 Å². The molecule has 1 aliphatic rings. The smallest absolute Gasteiger partial charge is 0.255 e. The molecule has 1 aliphatic heterocycles. The maximum Gasteiger partial charge on any atom is 0.255 e. The predicted molar refractivity (Wildman–Crippen MR) is 88.6 cm³/mol. The van der Waals surface area contributed by atoms with E-state index < -0.39 is 0 Å². The normalized spacial score (nSPS) is 21.0. The molecule has 1 fully saturated rings. The maximum absolute atomic E-state index is 12.6. The van der Waals surface area contributed by atoms with Crippen LogP contribution in [0, 0.1) is 0 Å². The molecule has 1 aromatic carbocycles. The van der Waals surface area contributed by atoms with E-state index >= 15 is 0 Å². The van der Waals surface area contributed by atoms with Crippen molar-refractivity contribution in [3.05, 3.63) is 54.3 Å². The molecule has 3 aromatic rings. The Hall–Kier alpha value is -2.60. The van der Waals surface area contributed by atoms with Gasteiger partial charge in [0, 0.05) is 25.1 Å². The zero-order valence-corrected chi connectivity index (χ0v) is 13.4. The summed E-state index contributed by atoms with van der Waals surface area (Å²) in [6.45, 7) is 0.618. The standard InChI is InChI=1S/C18H19N3O3/c1-21-11-19-9-15(21)17-8-12(6-7-23-17)20-18(22)14-10-24-16-5-3-2-4-13(14)16/h2-5,9-12,17H,6-8H2,1H3,(H,20,22)/t12-,17-/m1/s1. The molecule has 0 saturated carbocycles. The van der Waals surface area contributed by atoms with Gasteiger partial charge in [-0.1, -0.05) is 18.2 Å². The molecule has 0 spiro atoms. The monoisotopic (exact) mass is 325 g/mol. The molecule has 3 heterocycles. The zero-order chi connectivity index (χ0) is 16.5. The number of fused-ring (bicyclic) bond motifs is 1. The number of hydrogen-bond acceptors (Lipinski definition) is 4. The lowest BCUT2D eigenvalue weighted by molar-refractivity contribution is -0.00300. The molecule has 0 unspecified atom stereocenters. The second-order valence-corrected chi connectivity index (χ2v) is 6.13. The number of ether oxygens (including phenoxy) is 1. The van der Waals surface area contributed by atoms with Gasteiger partial charge in [-0.05, 0) is 18.9 Å². The third kappa shape index (κ3) is 2.69. The van der Waals surface area contributed by atoms with E-state index in [0.29, 0.717) is 12.2 Å². The molecule has 1 amide bonds. The van der Waals surface area contributed by atoms with E-state index in [1.807, 2.05) is 42.1 Å². The number of furan rings is 1. The van der Waals surface area contributed by atoms with Gasteiger partial charge in [0.1, 0.15) is 18.0 Å². The number of hydrogen-bond donors (Lipinski definition) is 1. The number of rotatable bonds is 3. The van der Waals surface area contributed by atoms with Crippen molar-refractivity contribution in [1.82, 2.24) is 14.9 Å². The van der Waals surface area contributed by atoms with Crippen molar-refractivity contribution in [1.29, 1.82) is 0 Å². The summed E-state index contributed by atoms with van der Waals surface area (Å²) in [4.78, 5) is 16.8. The first kappa shape index (κ1) is 15.0. The fourth-order valence-corrected chi connectivity index (χ4v) is 3.23. The van der Waals surface area contributed by atoms with Crippen LogP contribution in [0.5, 0.6) is 0 Å². The van der Waals surface area contributed by atoms with Crippen LogP contribution in [0.3, 0.4) is 0 Å². The molecular weight excluding hydrogens is 306 g/mol. The number of amides is 1. The number of benzene rings is 1. The minimum Gasteiger partial charge on any atom is -0.463 e. The van der Waals surface area contributed by atoms with Crippen molar-refractivity contribution in [2.24, 2.45) is 7.05 Å². The Labute approximate surface area is 139 Å². The van der Waals surface area contributed by atoms with Crippen LogP contribution in [-0.4, -0.2) is 28.1 Å². The lowest BCUT2D eigenvalue weighted by Gasteiger charge is -2.30. The lowest BCUT2D eigenvalue weighted by Crippen LogP contribution is -2.40. The predicted octanol–water partition coefficient (Wildman–Crippen LogP) is 2.82. The molecule has 0 aliphatic carbocycles. The van der Waals surface area contributed by atoms with Crippen molar-refractivity contribution < 1.29 is 13.9 Å². The molecule has 4 rings (SSSR count). The van der Waals surface area contributed by atoms with Crippen LogP contribution in [0.4, 0.5) is 0 Å². The summed E-state index contributed by atoms with van der Waals surface area (Å²) in [7, 11) is 1.95. The fourth-order valence-electron chi connectivity index (χ4n) is 3.23. The van der Waals surface area contributed by atoms with Crippen LogP contribution in [0.15, 0.2) is 47.5 Å². The van der Waals surface area contributed by atoms with Gasteiger partial charge in [-0.25, -0.2) is 4.98 Å². The quantitative estimate of drug-likeness (QED) is 0.804. The van der Waals surface area contributed by atoms with Gasteiger partial charge in [-0.3, -0.25) is 4.79 Å². The molecule has 24 heavy (non-hydrogen) atoms. The van der Waals surface area contributed by atoms with Crippen molar-refractivity contribution in [2.45, 2.75) is 25.0 Å². The summed E-state index contributed by atoms with van der Waals surface area (Å²) in [5.41, 5.74) is 2.33. The van der Waals surface area contributed by atoms with E-state index in [9.17, 15) is 4.79 Å². The van der Waals surface area contributed by atoms with E-state index in [1.165, 1.54) is 6.26 Å². The van der Waals surface area contributed by atoms with Crippen molar-refractivity contribution in [2.75, 3.05) is 6.61 Å². The highest BCUT2D eigenvalue weighted by molar-refractivity contribution is 6.05. The minimum absolute atomic E-state index is 0.0438. The number of para-hydroxylation sites is 1. The van der Waals surface area contributed by atoms with Crippen LogP contribution in [0.2, 0.25) is 0 Å². The fraction of sp³-hybridized carbons (Fsp3) is 0.333. The maximum atomic E-state index is 12.6. The molecule has 1 N–H and O–H groups in total. The second kappa shape index (κ2) is 6.13. The van der Waals surface area contributed by atoms with Gasteiger partial charge < -0.3 is 19.0 Å². The summed E-state index contributed by atoms with van der Waals surface area (Å²) in [6, 6.07) is 7.63. The average Bonchev–Trinajstić information content (AvgIpc) is 3.21. The first-order valence-electron chi connectivity index (χ1n) is 8.07. The molecule has 2 aromatic heterocycles. The van der Waals surface area contributed by atoms with Gasteiger partial charge in [0.2, 0.25) is 0 Å². The Morgan fingerprint density at radius 2 is 2.25 bits per heavy atom. The third-order valence-electron chi connectivity index (χ3n) is 4.53. The average molecular weight is 325 g/mol. The van der Waals surface area contributed by atoms with E-state index in [2.05, 4.69) is 10.3 Å². The molecule has 124 valence electrons. The van der Waals surface area contributed by atoms with Crippen molar-refractivity contribution >= 4 is 16.9 Å². The van der Waals surface area contributed by atoms with Gasteiger partial charge >= 0.3 is 0 Å². The summed E-state index contributed by atoms with van der Waals surface area (Å²) in [5, 5.41) is 3.95. The molecule has 1 saturated heterocycles. The number of carbonyl (C=O) groups is 1. The van der Waals surface area contributed by atoms with Gasteiger partial charge in [0.25, 0.3) is 5.91 Å². The van der Waals surface area contributed by atoms with Gasteiger partial charge in [0.05, 0.1) is 23.8 Å². The minimum atomic E-state index is -0.101. The summed E-state index contributed by atoms with van der Waals surface area (Å²) in [6.07, 6.45) is 6.60. The highest BCUT2D eigenvalue weighted by atomic mass is 16.5.